The quantitative estimate of drug-likeness (QED) is 0.365. The Morgan fingerprint density at radius 1 is 1.06 bits per heavy atom. The van der Waals surface area contributed by atoms with Gasteiger partial charge in [0.25, 0.3) is 0 Å². The van der Waals surface area contributed by atoms with E-state index in [1.807, 2.05) is 12.1 Å². The summed E-state index contributed by atoms with van der Waals surface area (Å²) in [6.45, 7) is 0.613. The molecule has 2 bridgehead atoms. The van der Waals surface area contributed by atoms with Gasteiger partial charge < -0.3 is 15.2 Å². The molecule has 0 aliphatic heterocycles. The number of carbonyl (C=O) groups is 1. The predicted molar refractivity (Wildman–Crippen MR) is 128 cm³/mol. The van der Waals surface area contributed by atoms with Crippen LogP contribution < -0.4 is 10.1 Å². The molecule has 4 nitrogen and oxygen atoms in total. The van der Waals surface area contributed by atoms with Crippen molar-refractivity contribution in [1.29, 1.82) is 0 Å². The van der Waals surface area contributed by atoms with Gasteiger partial charge in [0.15, 0.2) is 0 Å². The molecule has 0 amide bonds. The molecule has 35 heavy (non-hydrogen) atoms. The number of carboxylic acids is 1. The van der Waals surface area contributed by atoms with Crippen molar-refractivity contribution >= 4 is 17.3 Å². The normalized spacial score (nSPS) is 23.5. The van der Waals surface area contributed by atoms with Crippen molar-refractivity contribution in [2.75, 3.05) is 0 Å². The molecule has 2 saturated carbocycles. The highest BCUT2D eigenvalue weighted by Crippen LogP contribution is 2.48. The zero-order chi connectivity index (χ0) is 24.6. The summed E-state index contributed by atoms with van der Waals surface area (Å²) < 4.78 is 46.5. The molecular formula is C27H26F3NO3S. The minimum atomic E-state index is -4.43. The number of ether oxygens (including phenoxy) is 1. The van der Waals surface area contributed by atoms with Crippen LogP contribution in [0, 0.1) is 17.8 Å². The van der Waals surface area contributed by atoms with E-state index in [0.717, 1.165) is 24.8 Å². The molecule has 2 aliphatic carbocycles. The van der Waals surface area contributed by atoms with Crippen LogP contribution in [0.3, 0.4) is 0 Å². The third-order valence-electron chi connectivity index (χ3n) is 7.17. The fraction of sp³-hybridized carbons (Fsp3) is 0.370. The minimum absolute atomic E-state index is 0.00245. The fourth-order valence-electron chi connectivity index (χ4n) is 5.59. The SMILES string of the molecule is O=C(O)C1C2CCC(C2)C1NCc1ccc(OCc2cc(-c3ccccc3)c(C(F)(F)F)s2)cc1. The van der Waals surface area contributed by atoms with Gasteiger partial charge in [0.2, 0.25) is 0 Å². The van der Waals surface area contributed by atoms with Crippen molar-refractivity contribution in [2.24, 2.45) is 17.8 Å². The number of rotatable bonds is 8. The molecule has 4 unspecified atom stereocenters. The highest BCUT2D eigenvalue weighted by atomic mass is 32.1. The van der Waals surface area contributed by atoms with E-state index in [1.165, 1.54) is 0 Å². The van der Waals surface area contributed by atoms with Crippen molar-refractivity contribution < 1.29 is 27.8 Å². The first-order valence-electron chi connectivity index (χ1n) is 11.7. The van der Waals surface area contributed by atoms with Gasteiger partial charge in [-0.25, -0.2) is 0 Å². The number of nitrogens with one attached hydrogen (secondary N) is 1. The van der Waals surface area contributed by atoms with Crippen molar-refractivity contribution in [3.05, 3.63) is 76.0 Å². The molecular weight excluding hydrogens is 475 g/mol. The Hall–Kier alpha value is -2.84. The molecule has 2 aliphatic rings. The summed E-state index contributed by atoms with van der Waals surface area (Å²) in [7, 11) is 0. The smallest absolute Gasteiger partial charge is 0.426 e. The van der Waals surface area contributed by atoms with Crippen LogP contribution in [-0.2, 0) is 24.1 Å². The van der Waals surface area contributed by atoms with Gasteiger partial charge in [0.05, 0.1) is 5.92 Å². The van der Waals surface area contributed by atoms with Crippen LogP contribution in [0.1, 0.15) is 34.6 Å². The number of carboxylic acid groups (broad SMARTS) is 1. The number of alkyl halides is 3. The summed E-state index contributed by atoms with van der Waals surface area (Å²) in [5.41, 5.74) is 1.70. The largest absolute Gasteiger partial charge is 0.488 e. The Morgan fingerprint density at radius 3 is 2.46 bits per heavy atom. The highest BCUT2D eigenvalue weighted by molar-refractivity contribution is 7.12. The average molecular weight is 502 g/mol. The zero-order valence-corrected chi connectivity index (χ0v) is 19.7. The lowest BCUT2D eigenvalue weighted by Crippen LogP contribution is -2.43. The number of hydrogen-bond donors (Lipinski definition) is 2. The molecule has 0 saturated heterocycles. The van der Waals surface area contributed by atoms with E-state index in [-0.39, 0.29) is 30.0 Å². The standard InChI is InChI=1S/C27H26F3NO3S/c28-27(29,30)25-22(17-4-2-1-3-5-17)13-21(35-25)15-34-20-10-6-16(7-11-20)14-31-24-19-9-8-18(12-19)23(24)26(32)33/h1-7,10-11,13,18-19,23-24,31H,8-9,12,14-15H2,(H,32,33). The van der Waals surface area contributed by atoms with Crippen LogP contribution in [0.5, 0.6) is 5.75 Å². The molecule has 2 aromatic carbocycles. The zero-order valence-electron chi connectivity index (χ0n) is 18.9. The Balaban J connectivity index is 1.21. The third-order valence-corrected chi connectivity index (χ3v) is 8.33. The maximum atomic E-state index is 13.6. The molecule has 2 fully saturated rings. The molecule has 1 heterocycles. The Kier molecular flexibility index (Phi) is 6.59. The summed E-state index contributed by atoms with van der Waals surface area (Å²) in [4.78, 5) is 11.6. The second-order valence-electron chi connectivity index (χ2n) is 9.36. The summed E-state index contributed by atoms with van der Waals surface area (Å²) in [5, 5.41) is 13.1. The van der Waals surface area contributed by atoms with E-state index < -0.39 is 17.0 Å². The number of aliphatic carboxylic acids is 1. The molecule has 1 aromatic heterocycles. The molecule has 5 rings (SSSR count). The molecule has 0 radical (unpaired) electrons. The molecule has 2 N–H and O–H groups in total. The first kappa shape index (κ1) is 23.9. The Morgan fingerprint density at radius 2 is 1.77 bits per heavy atom. The maximum absolute atomic E-state index is 13.6. The van der Waals surface area contributed by atoms with E-state index in [0.29, 0.717) is 40.0 Å². The van der Waals surface area contributed by atoms with Gasteiger partial charge in [0, 0.05) is 23.0 Å². The second-order valence-corrected chi connectivity index (χ2v) is 10.5. The lowest BCUT2D eigenvalue weighted by Gasteiger charge is -2.29. The van der Waals surface area contributed by atoms with Crippen LogP contribution in [0.2, 0.25) is 0 Å². The topological polar surface area (TPSA) is 58.6 Å². The van der Waals surface area contributed by atoms with E-state index in [4.69, 9.17) is 4.74 Å². The number of hydrogen-bond acceptors (Lipinski definition) is 4. The van der Waals surface area contributed by atoms with Gasteiger partial charge in [-0.2, -0.15) is 13.2 Å². The number of halogens is 3. The predicted octanol–water partition coefficient (Wildman–Crippen LogP) is 6.60. The maximum Gasteiger partial charge on any atom is 0.426 e. The van der Waals surface area contributed by atoms with Crippen LogP contribution in [0.4, 0.5) is 13.2 Å². The number of fused-ring (bicyclic) bond motifs is 2. The van der Waals surface area contributed by atoms with Crippen LogP contribution in [-0.4, -0.2) is 17.1 Å². The summed E-state index contributed by atoms with van der Waals surface area (Å²) in [6.07, 6.45) is -1.34. The Labute approximate surface area is 205 Å². The summed E-state index contributed by atoms with van der Waals surface area (Å²) in [5.74, 6) is 0.251. The van der Waals surface area contributed by atoms with Gasteiger partial charge in [-0.3, -0.25) is 4.79 Å². The first-order valence-corrected chi connectivity index (χ1v) is 12.5. The highest BCUT2D eigenvalue weighted by Gasteiger charge is 2.50. The second kappa shape index (κ2) is 9.66. The van der Waals surface area contributed by atoms with E-state index in [9.17, 15) is 23.1 Å². The summed E-state index contributed by atoms with van der Waals surface area (Å²) in [6, 6.07) is 17.5. The van der Waals surface area contributed by atoms with Crippen LogP contribution >= 0.6 is 11.3 Å². The van der Waals surface area contributed by atoms with Crippen molar-refractivity contribution in [3.63, 3.8) is 0 Å². The molecule has 184 valence electrons. The molecule has 8 heteroatoms. The van der Waals surface area contributed by atoms with Gasteiger partial charge >= 0.3 is 12.1 Å². The monoisotopic (exact) mass is 501 g/mol. The number of benzene rings is 2. The van der Waals surface area contributed by atoms with Crippen LogP contribution in [0.15, 0.2) is 60.7 Å². The molecule has 3 aromatic rings. The fourth-order valence-corrected chi connectivity index (χ4v) is 6.55. The minimum Gasteiger partial charge on any atom is -0.488 e. The van der Waals surface area contributed by atoms with Crippen molar-refractivity contribution in [3.8, 4) is 16.9 Å². The van der Waals surface area contributed by atoms with Crippen molar-refractivity contribution in [2.45, 2.75) is 44.6 Å². The van der Waals surface area contributed by atoms with Crippen LogP contribution in [0.25, 0.3) is 11.1 Å². The lowest BCUT2D eigenvalue weighted by atomic mass is 9.84. The van der Waals surface area contributed by atoms with Crippen molar-refractivity contribution in [1.82, 2.24) is 5.32 Å². The van der Waals surface area contributed by atoms with E-state index >= 15 is 0 Å². The third kappa shape index (κ3) is 5.09. The Bertz CT molecular complexity index is 1180. The van der Waals surface area contributed by atoms with E-state index in [2.05, 4.69) is 5.32 Å². The van der Waals surface area contributed by atoms with E-state index in [1.54, 1.807) is 48.5 Å². The van der Waals surface area contributed by atoms with Gasteiger partial charge in [-0.05, 0) is 60.4 Å². The first-order chi connectivity index (χ1) is 16.8. The van der Waals surface area contributed by atoms with Gasteiger partial charge in [-0.1, -0.05) is 42.5 Å². The van der Waals surface area contributed by atoms with Gasteiger partial charge in [-0.15, -0.1) is 11.3 Å². The lowest BCUT2D eigenvalue weighted by molar-refractivity contribution is -0.144. The average Bonchev–Trinajstić information content (AvgIpc) is 3.57. The summed E-state index contributed by atoms with van der Waals surface area (Å²) >= 11 is 0.706. The molecule has 0 spiro atoms. The molecule has 4 atom stereocenters. The number of thiophene rings is 1. The van der Waals surface area contributed by atoms with Gasteiger partial charge in [0.1, 0.15) is 17.2 Å².